The van der Waals surface area contributed by atoms with Gasteiger partial charge in [0.15, 0.2) is 0 Å². The third-order valence-electron chi connectivity index (χ3n) is 4.04. The van der Waals surface area contributed by atoms with Crippen LogP contribution < -0.4 is 5.32 Å². The maximum absolute atomic E-state index is 13.9. The van der Waals surface area contributed by atoms with Gasteiger partial charge in [0.1, 0.15) is 12.1 Å². The van der Waals surface area contributed by atoms with Crippen molar-refractivity contribution in [2.75, 3.05) is 6.61 Å². The van der Waals surface area contributed by atoms with Gasteiger partial charge in [-0.1, -0.05) is 51.9 Å². The molecule has 2 atom stereocenters. The lowest BCUT2D eigenvalue weighted by Crippen LogP contribution is -2.52. The molecular formula is C16H27F2NO4. The van der Waals surface area contributed by atoms with E-state index >= 15 is 0 Å². The number of carbonyl (C=O) groups is 2. The van der Waals surface area contributed by atoms with E-state index in [0.717, 1.165) is 32.1 Å². The third-order valence-corrected chi connectivity index (χ3v) is 4.04. The molecule has 0 saturated carbocycles. The standard InChI is InChI=1S/C16H27F2NO4/c1-2-3-4-5-6-7-8-9-13(20)16(17,18)15(22)19-12-10-11-23-14(12)21/h12-13,20H,2-11H2,1H3,(H,19,22)/t12-,13?/m0/s1. The highest BCUT2D eigenvalue weighted by Gasteiger charge is 2.47. The molecule has 5 nitrogen and oxygen atoms in total. The lowest BCUT2D eigenvalue weighted by atomic mass is 10.0. The summed E-state index contributed by atoms with van der Waals surface area (Å²) < 4.78 is 32.3. The number of rotatable bonds is 11. The Morgan fingerprint density at radius 1 is 1.30 bits per heavy atom. The molecule has 1 rings (SSSR count). The van der Waals surface area contributed by atoms with Crippen LogP contribution in [0, 0.1) is 0 Å². The molecule has 134 valence electrons. The normalized spacial score (nSPS) is 19.5. The predicted molar refractivity (Wildman–Crippen MR) is 81.1 cm³/mol. The minimum atomic E-state index is -3.90. The maximum atomic E-state index is 13.9. The van der Waals surface area contributed by atoms with Crippen LogP contribution in [0.25, 0.3) is 0 Å². The summed E-state index contributed by atoms with van der Waals surface area (Å²) in [5.74, 6) is -6.22. The molecular weight excluding hydrogens is 308 g/mol. The van der Waals surface area contributed by atoms with Gasteiger partial charge in [0.05, 0.1) is 6.61 Å². The number of halogens is 2. The summed E-state index contributed by atoms with van der Waals surface area (Å²) in [6, 6.07) is -1.04. The molecule has 1 heterocycles. The van der Waals surface area contributed by atoms with Gasteiger partial charge in [-0.15, -0.1) is 0 Å². The Balaban J connectivity index is 2.27. The minimum absolute atomic E-state index is 0.107. The molecule has 23 heavy (non-hydrogen) atoms. The molecule has 1 fully saturated rings. The summed E-state index contributed by atoms with van der Waals surface area (Å²) in [7, 11) is 0. The highest BCUT2D eigenvalue weighted by atomic mass is 19.3. The number of hydrogen-bond acceptors (Lipinski definition) is 4. The molecule has 1 aliphatic rings. The SMILES string of the molecule is CCCCCCCCCC(O)C(F)(F)C(=O)N[C@H]1CCOC1=O. The first-order chi connectivity index (χ1) is 10.9. The molecule has 0 radical (unpaired) electrons. The first-order valence-electron chi connectivity index (χ1n) is 8.43. The van der Waals surface area contributed by atoms with Crippen LogP contribution in [-0.4, -0.2) is 41.7 Å². The summed E-state index contributed by atoms with van der Waals surface area (Å²) in [4.78, 5) is 22.8. The quantitative estimate of drug-likeness (QED) is 0.449. The molecule has 2 N–H and O–H groups in total. The number of esters is 1. The molecule has 1 unspecified atom stereocenters. The Kier molecular flexibility index (Phi) is 8.44. The number of unbranched alkanes of at least 4 members (excludes halogenated alkanes) is 6. The zero-order valence-electron chi connectivity index (χ0n) is 13.7. The van der Waals surface area contributed by atoms with Crippen molar-refractivity contribution in [3.05, 3.63) is 0 Å². The number of alkyl halides is 2. The van der Waals surface area contributed by atoms with Crippen LogP contribution in [0.4, 0.5) is 8.78 Å². The van der Waals surface area contributed by atoms with Gasteiger partial charge in [-0.3, -0.25) is 4.79 Å². The van der Waals surface area contributed by atoms with Gasteiger partial charge < -0.3 is 15.2 Å². The largest absolute Gasteiger partial charge is 0.464 e. The molecule has 0 bridgehead atoms. The molecule has 0 aromatic carbocycles. The van der Waals surface area contributed by atoms with E-state index in [1.54, 1.807) is 0 Å². The average Bonchev–Trinajstić information content (AvgIpc) is 2.91. The van der Waals surface area contributed by atoms with E-state index in [2.05, 4.69) is 11.7 Å². The number of ether oxygens (including phenoxy) is 1. The Bertz CT molecular complexity index is 390. The number of carbonyl (C=O) groups excluding carboxylic acids is 2. The second kappa shape index (κ2) is 9.80. The van der Waals surface area contributed by atoms with E-state index in [4.69, 9.17) is 0 Å². The predicted octanol–water partition coefficient (Wildman–Crippen LogP) is 2.56. The number of nitrogens with one attached hydrogen (secondary N) is 1. The lowest BCUT2D eigenvalue weighted by Gasteiger charge is -2.22. The van der Waals surface area contributed by atoms with Crippen molar-refractivity contribution in [1.29, 1.82) is 0 Å². The number of aliphatic hydroxyl groups is 1. The van der Waals surface area contributed by atoms with Gasteiger partial charge in [0, 0.05) is 6.42 Å². The van der Waals surface area contributed by atoms with E-state index in [1.807, 2.05) is 5.32 Å². The van der Waals surface area contributed by atoms with E-state index < -0.39 is 29.9 Å². The molecule has 0 aliphatic carbocycles. The molecule has 1 saturated heterocycles. The van der Waals surface area contributed by atoms with Crippen molar-refractivity contribution >= 4 is 11.9 Å². The number of aliphatic hydroxyl groups excluding tert-OH is 1. The fourth-order valence-electron chi connectivity index (χ4n) is 2.51. The molecule has 1 amide bonds. The van der Waals surface area contributed by atoms with Crippen molar-refractivity contribution < 1.29 is 28.2 Å². The Morgan fingerprint density at radius 2 is 1.91 bits per heavy atom. The summed E-state index contributed by atoms with van der Waals surface area (Å²) in [5.41, 5.74) is 0. The molecule has 0 aromatic rings. The Morgan fingerprint density at radius 3 is 2.48 bits per heavy atom. The highest BCUT2D eigenvalue weighted by Crippen LogP contribution is 2.24. The first kappa shape index (κ1) is 19.8. The van der Waals surface area contributed by atoms with Gasteiger partial charge in [-0.25, -0.2) is 4.79 Å². The number of hydrogen-bond donors (Lipinski definition) is 2. The Labute approximate surface area is 135 Å². The van der Waals surface area contributed by atoms with Gasteiger partial charge in [0.25, 0.3) is 5.91 Å². The van der Waals surface area contributed by atoms with Crippen molar-refractivity contribution in [3.8, 4) is 0 Å². The minimum Gasteiger partial charge on any atom is -0.464 e. The van der Waals surface area contributed by atoms with Gasteiger partial charge in [-0.05, 0) is 6.42 Å². The van der Waals surface area contributed by atoms with Crippen LogP contribution in [0.3, 0.4) is 0 Å². The third kappa shape index (κ3) is 6.41. The van der Waals surface area contributed by atoms with E-state index in [0.29, 0.717) is 6.42 Å². The summed E-state index contributed by atoms with van der Waals surface area (Å²) >= 11 is 0. The van der Waals surface area contributed by atoms with E-state index in [1.165, 1.54) is 6.42 Å². The van der Waals surface area contributed by atoms with Crippen LogP contribution in [0.5, 0.6) is 0 Å². The fourth-order valence-corrected chi connectivity index (χ4v) is 2.51. The van der Waals surface area contributed by atoms with Gasteiger partial charge in [-0.2, -0.15) is 8.78 Å². The number of cyclic esters (lactones) is 1. The molecule has 7 heteroatoms. The molecule has 0 aromatic heterocycles. The lowest BCUT2D eigenvalue weighted by molar-refractivity contribution is -0.166. The maximum Gasteiger partial charge on any atom is 0.349 e. The number of amides is 1. The summed E-state index contributed by atoms with van der Waals surface area (Å²) in [6.07, 6.45) is 4.67. The van der Waals surface area contributed by atoms with E-state index in [9.17, 15) is 23.5 Å². The van der Waals surface area contributed by atoms with Crippen LogP contribution in [0.15, 0.2) is 0 Å². The van der Waals surface area contributed by atoms with Gasteiger partial charge >= 0.3 is 11.9 Å². The zero-order valence-corrected chi connectivity index (χ0v) is 13.7. The topological polar surface area (TPSA) is 75.6 Å². The fraction of sp³-hybridized carbons (Fsp3) is 0.875. The average molecular weight is 335 g/mol. The van der Waals surface area contributed by atoms with Crippen LogP contribution in [-0.2, 0) is 14.3 Å². The van der Waals surface area contributed by atoms with Crippen LogP contribution in [0.1, 0.15) is 64.7 Å². The van der Waals surface area contributed by atoms with Crippen molar-refractivity contribution in [3.63, 3.8) is 0 Å². The monoisotopic (exact) mass is 335 g/mol. The van der Waals surface area contributed by atoms with Crippen LogP contribution in [0.2, 0.25) is 0 Å². The van der Waals surface area contributed by atoms with Crippen molar-refractivity contribution in [1.82, 2.24) is 5.32 Å². The Hall–Kier alpha value is -1.24. The van der Waals surface area contributed by atoms with Crippen molar-refractivity contribution in [2.24, 2.45) is 0 Å². The first-order valence-corrected chi connectivity index (χ1v) is 8.43. The smallest absolute Gasteiger partial charge is 0.349 e. The van der Waals surface area contributed by atoms with E-state index in [-0.39, 0.29) is 19.4 Å². The summed E-state index contributed by atoms with van der Waals surface area (Å²) in [6.45, 7) is 2.23. The molecule has 0 spiro atoms. The van der Waals surface area contributed by atoms with Gasteiger partial charge in [0.2, 0.25) is 0 Å². The second-order valence-electron chi connectivity index (χ2n) is 6.03. The summed E-state index contributed by atoms with van der Waals surface area (Å²) in [5, 5.41) is 11.6. The second-order valence-corrected chi connectivity index (χ2v) is 6.03. The van der Waals surface area contributed by atoms with Crippen LogP contribution >= 0.6 is 0 Å². The highest BCUT2D eigenvalue weighted by molar-refractivity contribution is 5.89. The zero-order chi connectivity index (χ0) is 17.3. The van der Waals surface area contributed by atoms with Crippen molar-refractivity contribution in [2.45, 2.75) is 82.8 Å². The molecule has 1 aliphatic heterocycles.